The van der Waals surface area contributed by atoms with Crippen molar-refractivity contribution in [1.82, 2.24) is 10.2 Å². The number of piperidine rings is 1. The van der Waals surface area contributed by atoms with Gasteiger partial charge in [0.25, 0.3) is 0 Å². The number of aliphatic carboxylic acids is 2. The molecule has 5 N–H and O–H groups in total. The molecule has 1 heterocycles. The van der Waals surface area contributed by atoms with Crippen LogP contribution in [0.15, 0.2) is 0 Å². The molecule has 0 bridgehead atoms. The van der Waals surface area contributed by atoms with E-state index in [1.807, 2.05) is 5.32 Å². The predicted molar refractivity (Wildman–Crippen MR) is 65.7 cm³/mol. The first-order valence-electron chi connectivity index (χ1n) is 6.08. The summed E-state index contributed by atoms with van der Waals surface area (Å²) in [6.45, 7) is 0.704. The minimum absolute atomic E-state index is 0.00693. The van der Waals surface area contributed by atoms with Crippen molar-refractivity contribution in [1.29, 1.82) is 0 Å². The highest BCUT2D eigenvalue weighted by atomic mass is 16.4. The molecule has 0 spiro atoms. The van der Waals surface area contributed by atoms with E-state index in [1.54, 1.807) is 4.90 Å². The lowest BCUT2D eigenvalue weighted by atomic mass is 9.85. The van der Waals surface area contributed by atoms with Crippen molar-refractivity contribution in [3.63, 3.8) is 0 Å². The molecule has 9 heteroatoms. The number of likely N-dealkylation sites (tertiary alicyclic amines) is 1. The number of primary amides is 1. The number of nitrogens with one attached hydrogen (secondary N) is 1. The lowest BCUT2D eigenvalue weighted by molar-refractivity contribution is -0.157. The topological polar surface area (TPSA) is 150 Å². The SMILES string of the molecule is NC(=O)NC(=O)CCN1CCC(C(=O)O)C(C(=O)O)C1. The molecule has 2 atom stereocenters. The van der Waals surface area contributed by atoms with Gasteiger partial charge in [-0.3, -0.25) is 19.7 Å². The maximum absolute atomic E-state index is 11.2. The number of carboxylic acids is 2. The smallest absolute Gasteiger partial charge is 0.318 e. The van der Waals surface area contributed by atoms with E-state index in [-0.39, 0.29) is 25.9 Å². The fourth-order valence-electron chi connectivity index (χ4n) is 2.23. The van der Waals surface area contributed by atoms with Crippen LogP contribution in [-0.4, -0.2) is 58.6 Å². The van der Waals surface area contributed by atoms with Gasteiger partial charge in [0, 0.05) is 19.5 Å². The highest BCUT2D eigenvalue weighted by Crippen LogP contribution is 2.24. The molecule has 0 radical (unpaired) electrons. The number of imide groups is 1. The van der Waals surface area contributed by atoms with E-state index in [0.29, 0.717) is 6.54 Å². The van der Waals surface area contributed by atoms with Crippen LogP contribution in [0, 0.1) is 11.8 Å². The lowest BCUT2D eigenvalue weighted by Gasteiger charge is -2.34. The van der Waals surface area contributed by atoms with E-state index in [2.05, 4.69) is 0 Å². The Balaban J connectivity index is 2.50. The maximum Gasteiger partial charge on any atom is 0.318 e. The second-order valence-corrected chi connectivity index (χ2v) is 4.64. The molecule has 0 aliphatic carbocycles. The predicted octanol–water partition coefficient (Wildman–Crippen LogP) is -1.32. The third-order valence-corrected chi connectivity index (χ3v) is 3.25. The number of hydrogen-bond acceptors (Lipinski definition) is 5. The summed E-state index contributed by atoms with van der Waals surface area (Å²) in [6.07, 6.45) is 0.205. The Bertz CT molecular complexity index is 424. The van der Waals surface area contributed by atoms with Gasteiger partial charge in [-0.05, 0) is 13.0 Å². The van der Waals surface area contributed by atoms with Gasteiger partial charge in [0.1, 0.15) is 0 Å². The first kappa shape index (κ1) is 15.9. The van der Waals surface area contributed by atoms with Crippen LogP contribution in [0.2, 0.25) is 0 Å². The average Bonchev–Trinajstić information content (AvgIpc) is 2.35. The van der Waals surface area contributed by atoms with Gasteiger partial charge in [-0.1, -0.05) is 0 Å². The third-order valence-electron chi connectivity index (χ3n) is 3.25. The minimum Gasteiger partial charge on any atom is -0.481 e. The molecule has 0 aromatic carbocycles. The fourth-order valence-corrected chi connectivity index (χ4v) is 2.23. The molecule has 2 unspecified atom stereocenters. The van der Waals surface area contributed by atoms with Gasteiger partial charge in [0.2, 0.25) is 5.91 Å². The molecule has 0 saturated carbocycles. The third kappa shape index (κ3) is 4.50. The first-order valence-corrected chi connectivity index (χ1v) is 6.08. The molecular weight excluding hydrogens is 270 g/mol. The molecule has 0 aromatic heterocycles. The summed E-state index contributed by atoms with van der Waals surface area (Å²) in [5.41, 5.74) is 4.79. The summed E-state index contributed by atoms with van der Waals surface area (Å²) in [5, 5.41) is 19.9. The zero-order chi connectivity index (χ0) is 15.3. The zero-order valence-corrected chi connectivity index (χ0v) is 10.7. The van der Waals surface area contributed by atoms with Crippen molar-refractivity contribution >= 4 is 23.9 Å². The van der Waals surface area contributed by atoms with Crippen LogP contribution >= 0.6 is 0 Å². The van der Waals surface area contributed by atoms with E-state index in [4.69, 9.17) is 15.9 Å². The molecular formula is C11H17N3O6. The molecule has 0 aromatic rings. The monoisotopic (exact) mass is 287 g/mol. The minimum atomic E-state index is -1.16. The van der Waals surface area contributed by atoms with Crippen molar-refractivity contribution in [3.05, 3.63) is 0 Å². The van der Waals surface area contributed by atoms with E-state index in [0.717, 1.165) is 0 Å². The average molecular weight is 287 g/mol. The Hall–Kier alpha value is -2.16. The van der Waals surface area contributed by atoms with Crippen LogP contribution in [0.1, 0.15) is 12.8 Å². The molecule has 3 amide bonds. The maximum atomic E-state index is 11.2. The molecule has 1 aliphatic heterocycles. The first-order chi connectivity index (χ1) is 9.31. The van der Waals surface area contributed by atoms with Crippen molar-refractivity contribution in [3.8, 4) is 0 Å². The molecule has 1 fully saturated rings. The molecule has 1 aliphatic rings. The van der Waals surface area contributed by atoms with Crippen molar-refractivity contribution in [2.45, 2.75) is 12.8 Å². The molecule has 1 saturated heterocycles. The number of rotatable bonds is 5. The van der Waals surface area contributed by atoms with E-state index < -0.39 is 35.7 Å². The quantitative estimate of drug-likeness (QED) is 0.489. The molecule has 9 nitrogen and oxygen atoms in total. The van der Waals surface area contributed by atoms with Crippen molar-refractivity contribution < 1.29 is 29.4 Å². The highest BCUT2D eigenvalue weighted by molar-refractivity contribution is 5.93. The van der Waals surface area contributed by atoms with E-state index in [9.17, 15) is 19.2 Å². The van der Waals surface area contributed by atoms with Crippen molar-refractivity contribution in [2.24, 2.45) is 17.6 Å². The number of nitrogens with two attached hydrogens (primary N) is 1. The molecule has 20 heavy (non-hydrogen) atoms. The van der Waals surface area contributed by atoms with Crippen LogP contribution in [0.5, 0.6) is 0 Å². The van der Waals surface area contributed by atoms with Gasteiger partial charge in [0.05, 0.1) is 11.8 Å². The summed E-state index contributed by atoms with van der Waals surface area (Å²) in [4.78, 5) is 45.4. The summed E-state index contributed by atoms with van der Waals surface area (Å²) < 4.78 is 0. The Kier molecular flexibility index (Phi) is 5.44. The fraction of sp³-hybridized carbons (Fsp3) is 0.636. The van der Waals surface area contributed by atoms with Gasteiger partial charge in [-0.2, -0.15) is 0 Å². The van der Waals surface area contributed by atoms with Crippen LogP contribution in [0.4, 0.5) is 4.79 Å². The number of amides is 3. The van der Waals surface area contributed by atoms with Crippen LogP contribution < -0.4 is 11.1 Å². The Morgan fingerprint density at radius 1 is 1.15 bits per heavy atom. The number of urea groups is 1. The highest BCUT2D eigenvalue weighted by Gasteiger charge is 2.38. The second kappa shape index (κ2) is 6.85. The van der Waals surface area contributed by atoms with Crippen LogP contribution in [0.25, 0.3) is 0 Å². The standard InChI is InChI=1S/C11H17N3O6/c12-11(20)13-8(15)2-4-14-3-1-6(9(16)17)7(5-14)10(18)19/h6-7H,1-5H2,(H,16,17)(H,18,19)(H3,12,13,15,20). The summed E-state index contributed by atoms with van der Waals surface area (Å²) in [5.74, 6) is -4.75. The van der Waals surface area contributed by atoms with Crippen molar-refractivity contribution in [2.75, 3.05) is 19.6 Å². The van der Waals surface area contributed by atoms with Crippen LogP contribution in [0.3, 0.4) is 0 Å². The summed E-state index contributed by atoms with van der Waals surface area (Å²) in [7, 11) is 0. The summed E-state index contributed by atoms with van der Waals surface area (Å²) >= 11 is 0. The molecule has 1 rings (SSSR count). The number of nitrogens with zero attached hydrogens (tertiary/aromatic N) is 1. The number of carbonyl (C=O) groups is 4. The zero-order valence-electron chi connectivity index (χ0n) is 10.7. The van der Waals surface area contributed by atoms with Gasteiger partial charge in [-0.25, -0.2) is 4.79 Å². The number of carboxylic acid groups (broad SMARTS) is 2. The summed E-state index contributed by atoms with van der Waals surface area (Å²) in [6, 6.07) is -0.942. The largest absolute Gasteiger partial charge is 0.481 e. The second-order valence-electron chi connectivity index (χ2n) is 4.64. The normalized spacial score (nSPS) is 23.0. The lowest BCUT2D eigenvalue weighted by Crippen LogP contribution is -2.47. The van der Waals surface area contributed by atoms with Gasteiger partial charge in [0.15, 0.2) is 0 Å². The Morgan fingerprint density at radius 2 is 1.75 bits per heavy atom. The van der Waals surface area contributed by atoms with Crippen LogP contribution in [-0.2, 0) is 14.4 Å². The van der Waals surface area contributed by atoms with Gasteiger partial charge < -0.3 is 20.8 Å². The number of carbonyl (C=O) groups excluding carboxylic acids is 2. The van der Waals surface area contributed by atoms with E-state index >= 15 is 0 Å². The Morgan fingerprint density at radius 3 is 2.25 bits per heavy atom. The Labute approximate surface area is 114 Å². The van der Waals surface area contributed by atoms with Gasteiger partial charge >= 0.3 is 18.0 Å². The van der Waals surface area contributed by atoms with Gasteiger partial charge in [-0.15, -0.1) is 0 Å². The molecule has 112 valence electrons. The number of hydrogen-bond donors (Lipinski definition) is 4. The van der Waals surface area contributed by atoms with E-state index in [1.165, 1.54) is 0 Å².